The van der Waals surface area contributed by atoms with Crippen molar-refractivity contribution in [2.75, 3.05) is 32.8 Å². The lowest BCUT2D eigenvalue weighted by atomic mass is 10.1. The maximum absolute atomic E-state index is 13.8. The van der Waals surface area contributed by atoms with Crippen LogP contribution in [0.5, 0.6) is 5.75 Å². The Labute approximate surface area is 151 Å². The first kappa shape index (κ1) is 18.3. The Morgan fingerprint density at radius 3 is 2.92 bits per heavy atom. The van der Waals surface area contributed by atoms with Crippen molar-refractivity contribution in [3.8, 4) is 16.9 Å². The molecule has 2 aromatic rings. The molecule has 136 valence electrons. The minimum Gasteiger partial charge on any atom is -0.491 e. The topological polar surface area (TPSA) is 41.9 Å². The van der Waals surface area contributed by atoms with Crippen molar-refractivity contribution in [2.45, 2.75) is 25.6 Å². The standard InChI is InChI=1S/C19H24FNO3S/c1-19(2)13-21(4-5-24-19)10-17(22)11-23-18-8-15(7-16(20)9-18)14-3-6-25-12-14/h3,6-9,12,17,22H,4-5,10-11,13H2,1-2H3. The van der Waals surface area contributed by atoms with E-state index in [0.29, 0.717) is 18.9 Å². The highest BCUT2D eigenvalue weighted by Gasteiger charge is 2.28. The Morgan fingerprint density at radius 1 is 1.36 bits per heavy atom. The summed E-state index contributed by atoms with van der Waals surface area (Å²) in [6.07, 6.45) is -0.637. The van der Waals surface area contributed by atoms with Crippen LogP contribution in [-0.4, -0.2) is 54.6 Å². The maximum Gasteiger partial charge on any atom is 0.127 e. The number of aliphatic hydroxyl groups excluding tert-OH is 1. The second-order valence-corrected chi connectivity index (χ2v) is 7.78. The van der Waals surface area contributed by atoms with Crippen LogP contribution in [0, 0.1) is 5.82 Å². The Hall–Kier alpha value is -1.47. The normalized spacial score (nSPS) is 18.9. The van der Waals surface area contributed by atoms with E-state index in [0.717, 1.165) is 24.2 Å². The fourth-order valence-electron chi connectivity index (χ4n) is 3.05. The van der Waals surface area contributed by atoms with E-state index in [9.17, 15) is 9.50 Å². The second kappa shape index (κ2) is 7.83. The monoisotopic (exact) mass is 365 g/mol. The highest BCUT2D eigenvalue weighted by Crippen LogP contribution is 2.27. The number of rotatable bonds is 6. The quantitative estimate of drug-likeness (QED) is 0.852. The predicted molar refractivity (Wildman–Crippen MR) is 97.7 cm³/mol. The van der Waals surface area contributed by atoms with Crippen LogP contribution in [0.2, 0.25) is 0 Å². The van der Waals surface area contributed by atoms with Gasteiger partial charge >= 0.3 is 0 Å². The van der Waals surface area contributed by atoms with E-state index >= 15 is 0 Å². The molecular formula is C19H24FNO3S. The highest BCUT2D eigenvalue weighted by molar-refractivity contribution is 7.08. The summed E-state index contributed by atoms with van der Waals surface area (Å²) in [6, 6.07) is 6.58. The van der Waals surface area contributed by atoms with Crippen molar-refractivity contribution in [3.05, 3.63) is 40.8 Å². The molecular weight excluding hydrogens is 341 g/mol. The molecule has 0 bridgehead atoms. The summed E-state index contributed by atoms with van der Waals surface area (Å²) in [6.45, 7) is 6.95. The van der Waals surface area contributed by atoms with E-state index < -0.39 is 6.10 Å². The molecule has 2 heterocycles. The Balaban J connectivity index is 1.56. The van der Waals surface area contributed by atoms with Gasteiger partial charge in [0.05, 0.1) is 12.2 Å². The smallest absolute Gasteiger partial charge is 0.127 e. The molecule has 4 nitrogen and oxygen atoms in total. The minimum absolute atomic E-state index is 0.129. The molecule has 1 N–H and O–H groups in total. The van der Waals surface area contributed by atoms with Gasteiger partial charge in [-0.3, -0.25) is 4.90 Å². The first-order chi connectivity index (χ1) is 11.9. The molecule has 1 aromatic carbocycles. The van der Waals surface area contributed by atoms with Gasteiger partial charge in [-0.25, -0.2) is 4.39 Å². The van der Waals surface area contributed by atoms with E-state index in [4.69, 9.17) is 9.47 Å². The zero-order valence-electron chi connectivity index (χ0n) is 14.6. The van der Waals surface area contributed by atoms with Crippen molar-refractivity contribution in [2.24, 2.45) is 0 Å². The molecule has 0 amide bonds. The number of nitrogens with zero attached hydrogens (tertiary/aromatic N) is 1. The van der Waals surface area contributed by atoms with Crippen LogP contribution in [0.4, 0.5) is 4.39 Å². The fraction of sp³-hybridized carbons (Fsp3) is 0.474. The van der Waals surface area contributed by atoms with Crippen molar-refractivity contribution in [3.63, 3.8) is 0 Å². The Bertz CT molecular complexity index is 690. The van der Waals surface area contributed by atoms with Gasteiger partial charge in [0.25, 0.3) is 0 Å². The number of ether oxygens (including phenoxy) is 2. The number of aliphatic hydroxyl groups is 1. The van der Waals surface area contributed by atoms with Crippen molar-refractivity contribution in [1.82, 2.24) is 4.90 Å². The van der Waals surface area contributed by atoms with Gasteiger partial charge in [0, 0.05) is 25.7 Å². The molecule has 0 radical (unpaired) electrons. The van der Waals surface area contributed by atoms with E-state index in [-0.39, 0.29) is 18.0 Å². The number of thiophene rings is 1. The van der Waals surface area contributed by atoms with Gasteiger partial charge in [0.1, 0.15) is 24.3 Å². The summed E-state index contributed by atoms with van der Waals surface area (Å²) in [4.78, 5) is 2.17. The summed E-state index contributed by atoms with van der Waals surface area (Å²) in [5, 5.41) is 14.2. The average Bonchev–Trinajstić information content (AvgIpc) is 3.06. The summed E-state index contributed by atoms with van der Waals surface area (Å²) < 4.78 is 25.1. The SMILES string of the molecule is CC1(C)CN(CC(O)COc2cc(F)cc(-c3ccsc3)c2)CCO1. The predicted octanol–water partition coefficient (Wildman–Crippen LogP) is 3.40. The number of hydrogen-bond acceptors (Lipinski definition) is 5. The third-order valence-electron chi connectivity index (χ3n) is 4.14. The summed E-state index contributed by atoms with van der Waals surface area (Å²) >= 11 is 1.56. The molecule has 1 aliphatic heterocycles. The van der Waals surface area contributed by atoms with Gasteiger partial charge < -0.3 is 14.6 Å². The molecule has 3 rings (SSSR count). The molecule has 25 heavy (non-hydrogen) atoms. The Morgan fingerprint density at radius 2 is 2.20 bits per heavy atom. The van der Waals surface area contributed by atoms with Gasteiger partial charge in [-0.15, -0.1) is 0 Å². The molecule has 0 aliphatic carbocycles. The lowest BCUT2D eigenvalue weighted by Gasteiger charge is -2.38. The minimum atomic E-state index is -0.637. The first-order valence-electron chi connectivity index (χ1n) is 8.42. The van der Waals surface area contributed by atoms with Crippen LogP contribution in [0.25, 0.3) is 11.1 Å². The van der Waals surface area contributed by atoms with Crippen LogP contribution in [0.15, 0.2) is 35.0 Å². The van der Waals surface area contributed by atoms with Crippen LogP contribution < -0.4 is 4.74 Å². The number of β-amino-alcohol motifs (C(OH)–C–C–N with tert-alkyl or cyclic N) is 1. The molecule has 1 aromatic heterocycles. The first-order valence-corrected chi connectivity index (χ1v) is 9.36. The van der Waals surface area contributed by atoms with E-state index in [2.05, 4.69) is 4.90 Å². The van der Waals surface area contributed by atoms with Gasteiger partial charge in [-0.05, 0) is 53.9 Å². The van der Waals surface area contributed by atoms with Gasteiger partial charge in [0.15, 0.2) is 0 Å². The van der Waals surface area contributed by atoms with Crippen molar-refractivity contribution >= 4 is 11.3 Å². The molecule has 0 spiro atoms. The highest BCUT2D eigenvalue weighted by atomic mass is 32.1. The number of benzene rings is 1. The van der Waals surface area contributed by atoms with E-state index in [1.807, 2.05) is 30.7 Å². The zero-order chi connectivity index (χ0) is 17.9. The molecule has 1 saturated heterocycles. The van der Waals surface area contributed by atoms with Gasteiger partial charge in [0.2, 0.25) is 0 Å². The number of morpholine rings is 1. The van der Waals surface area contributed by atoms with Gasteiger partial charge in [-0.2, -0.15) is 11.3 Å². The van der Waals surface area contributed by atoms with E-state index in [1.165, 1.54) is 12.1 Å². The van der Waals surface area contributed by atoms with Crippen LogP contribution in [0.1, 0.15) is 13.8 Å². The lowest BCUT2D eigenvalue weighted by Crippen LogP contribution is -2.50. The molecule has 1 aliphatic rings. The summed E-state index contributed by atoms with van der Waals surface area (Å²) in [5.41, 5.74) is 1.54. The van der Waals surface area contributed by atoms with Gasteiger partial charge in [-0.1, -0.05) is 0 Å². The third-order valence-corrected chi connectivity index (χ3v) is 4.83. The summed E-state index contributed by atoms with van der Waals surface area (Å²) in [7, 11) is 0. The van der Waals surface area contributed by atoms with Crippen LogP contribution >= 0.6 is 11.3 Å². The van der Waals surface area contributed by atoms with Crippen LogP contribution in [0.3, 0.4) is 0 Å². The number of halogens is 1. The molecule has 6 heteroatoms. The zero-order valence-corrected chi connectivity index (χ0v) is 15.4. The molecule has 1 atom stereocenters. The Kier molecular flexibility index (Phi) is 5.74. The largest absolute Gasteiger partial charge is 0.491 e. The average molecular weight is 365 g/mol. The second-order valence-electron chi connectivity index (χ2n) is 7.00. The number of hydrogen-bond donors (Lipinski definition) is 1. The van der Waals surface area contributed by atoms with Crippen molar-refractivity contribution < 1.29 is 19.0 Å². The third kappa shape index (κ3) is 5.25. The lowest BCUT2D eigenvalue weighted by molar-refractivity contribution is -0.0947. The van der Waals surface area contributed by atoms with Crippen LogP contribution in [-0.2, 0) is 4.74 Å². The summed E-state index contributed by atoms with van der Waals surface area (Å²) in [5.74, 6) is 0.0886. The van der Waals surface area contributed by atoms with Crippen molar-refractivity contribution in [1.29, 1.82) is 0 Å². The molecule has 0 saturated carbocycles. The van der Waals surface area contributed by atoms with E-state index in [1.54, 1.807) is 17.4 Å². The molecule has 1 unspecified atom stereocenters. The molecule has 1 fully saturated rings. The fourth-order valence-corrected chi connectivity index (χ4v) is 3.72. The maximum atomic E-state index is 13.8.